The second kappa shape index (κ2) is 21.7. The van der Waals surface area contributed by atoms with Crippen LogP contribution in [0.4, 0.5) is 4.79 Å². The van der Waals surface area contributed by atoms with Crippen LogP contribution in [0.2, 0.25) is 0 Å². The van der Waals surface area contributed by atoms with Crippen molar-refractivity contribution in [1.29, 1.82) is 0 Å². The monoisotopic (exact) mass is 914 g/mol. The fourth-order valence-electron chi connectivity index (χ4n) is 10.1. The number of amides is 1. The van der Waals surface area contributed by atoms with Crippen molar-refractivity contribution in [3.63, 3.8) is 0 Å². The molecule has 17 heteroatoms. The van der Waals surface area contributed by atoms with Gasteiger partial charge in [-0.25, -0.2) is 4.79 Å². The van der Waals surface area contributed by atoms with E-state index in [0.717, 1.165) is 0 Å². The van der Waals surface area contributed by atoms with E-state index in [1.54, 1.807) is 41.7 Å². The lowest BCUT2D eigenvalue weighted by atomic mass is 9.78. The Hall–Kier alpha value is -2.45. The summed E-state index contributed by atoms with van der Waals surface area (Å²) in [6.45, 7) is 28.1. The number of esters is 1. The first-order valence-corrected chi connectivity index (χ1v) is 23.1. The van der Waals surface area contributed by atoms with Crippen molar-refractivity contribution in [1.82, 2.24) is 10.2 Å². The van der Waals surface area contributed by atoms with Gasteiger partial charge in [-0.1, -0.05) is 27.4 Å². The number of hydrogen-bond donors (Lipinski definition) is 3. The lowest BCUT2D eigenvalue weighted by molar-refractivity contribution is -0.314. The number of rotatable bonds is 8. The van der Waals surface area contributed by atoms with Gasteiger partial charge in [0.1, 0.15) is 29.5 Å². The van der Waals surface area contributed by atoms with Crippen LogP contribution in [0.5, 0.6) is 0 Å². The molecule has 370 valence electrons. The zero-order valence-electron chi connectivity index (χ0n) is 41.8. The number of carbonyl (C=O) groups excluding carboxylic acids is 2. The standard InChI is InChI=1S/C47H83N3O14/c1-19-33-47(14,54)39-30(7)40(55-17)48-26(3)21-46(13,58-24-25(2)23-57-39)38(63-42-35(51)32(50(15)16)20-27(4)59-42)28(5)36(29(6)41(52)61-33)62-34-22-45(12,56-18)37(31(8)60-34)49-43(53)64-44(9,10)11/h26-39,42,51,54H,2,19-24H2,1,3-18H3,(H,49,53)/t26-,27-,28+,29-,30-,31+,32+,33-,34+,35-,36+,37-,38-,39-,42+,45-,46-,47-/m1/s1. The Morgan fingerprint density at radius 2 is 1.66 bits per heavy atom. The molecule has 17 nitrogen and oxygen atoms in total. The van der Waals surface area contributed by atoms with Crippen LogP contribution in [-0.2, 0) is 52.2 Å². The second-order valence-corrected chi connectivity index (χ2v) is 20.6. The van der Waals surface area contributed by atoms with Crippen LogP contribution >= 0.6 is 0 Å². The molecule has 5 aliphatic rings. The highest BCUT2D eigenvalue weighted by molar-refractivity contribution is 5.79. The molecule has 5 rings (SSSR count). The number of fused-ring (bicyclic) bond motifs is 14. The van der Waals surface area contributed by atoms with E-state index in [0.29, 0.717) is 17.9 Å². The minimum atomic E-state index is -1.74. The highest BCUT2D eigenvalue weighted by Gasteiger charge is 2.54. The number of hydrogen-bond acceptors (Lipinski definition) is 16. The minimum Gasteiger partial charge on any atom is -0.484 e. The Morgan fingerprint density at radius 3 is 2.23 bits per heavy atom. The maximum atomic E-state index is 14.8. The Balaban J connectivity index is 1.93. The normalized spacial score (nSPS) is 43.4. The smallest absolute Gasteiger partial charge is 0.408 e. The van der Waals surface area contributed by atoms with Gasteiger partial charge >= 0.3 is 12.1 Å². The first kappa shape index (κ1) is 54.2. The number of nitrogens with zero attached hydrogens (tertiary/aromatic N) is 2. The van der Waals surface area contributed by atoms with Crippen LogP contribution in [0.25, 0.3) is 0 Å². The SMILES string of the molecule is C=C1CO[C@@H]2[C@@H](C)C(OC)=N[C@H](C)C[C@@](C)(OC1)[C@H](O[C@@H]1O[C@H](C)C[C@H](N(C)C)[C@H]1O)[C@@H](C)[C@H](O[C@H]1C[C@@](C)(OC)[C@H](NC(=O)OC(C)(C)C)[C@H](C)O1)[C@@H](C)C(=O)O[C@H](CC)[C@@]2(C)O. The van der Waals surface area contributed by atoms with Crippen LogP contribution in [0.1, 0.15) is 116 Å². The number of alkyl carbamates (subject to hydrolysis) is 1. The van der Waals surface area contributed by atoms with Gasteiger partial charge in [0.15, 0.2) is 18.5 Å². The Labute approximate surface area is 382 Å². The molecule has 18 atom stereocenters. The number of ether oxygens (including phenoxy) is 10. The highest BCUT2D eigenvalue weighted by Crippen LogP contribution is 2.42. The van der Waals surface area contributed by atoms with Gasteiger partial charge in [-0.05, 0) is 102 Å². The van der Waals surface area contributed by atoms with Gasteiger partial charge < -0.3 is 67.8 Å². The molecule has 1 amide bonds. The van der Waals surface area contributed by atoms with E-state index < -0.39 is 114 Å². The number of likely N-dealkylation sites (N-methyl/N-ethyl adjacent to an activating group) is 1. The lowest BCUT2D eigenvalue weighted by Gasteiger charge is -2.50. The Bertz CT molecular complexity index is 1610. The third kappa shape index (κ3) is 12.7. The summed E-state index contributed by atoms with van der Waals surface area (Å²) >= 11 is 0. The van der Waals surface area contributed by atoms with Gasteiger partial charge in [0.2, 0.25) is 0 Å². The van der Waals surface area contributed by atoms with Crippen molar-refractivity contribution in [3.8, 4) is 0 Å². The third-order valence-electron chi connectivity index (χ3n) is 13.6. The van der Waals surface area contributed by atoms with Gasteiger partial charge in [-0.15, -0.1) is 0 Å². The van der Waals surface area contributed by atoms with Gasteiger partial charge in [0.25, 0.3) is 0 Å². The van der Waals surface area contributed by atoms with E-state index in [1.165, 1.54) is 7.11 Å². The molecule has 0 aromatic carbocycles. The maximum absolute atomic E-state index is 14.8. The van der Waals surface area contributed by atoms with E-state index in [9.17, 15) is 19.8 Å². The Kier molecular flexibility index (Phi) is 18.3. The largest absolute Gasteiger partial charge is 0.484 e. The van der Waals surface area contributed by atoms with E-state index in [2.05, 4.69) is 11.9 Å². The molecule has 3 saturated heterocycles. The fraction of sp³-hybridized carbons (Fsp3) is 0.894. The highest BCUT2D eigenvalue weighted by atomic mass is 16.7. The molecule has 2 bridgehead atoms. The summed E-state index contributed by atoms with van der Waals surface area (Å²) in [6.07, 6.45) is -7.43. The molecule has 3 fully saturated rings. The molecule has 0 aromatic rings. The summed E-state index contributed by atoms with van der Waals surface area (Å²) in [7, 11) is 6.90. The molecule has 3 N–H and O–H groups in total. The van der Waals surface area contributed by atoms with Crippen LogP contribution in [0, 0.1) is 17.8 Å². The van der Waals surface area contributed by atoms with E-state index in [-0.39, 0.29) is 44.6 Å². The van der Waals surface area contributed by atoms with Crippen molar-refractivity contribution in [2.24, 2.45) is 22.7 Å². The molecule has 5 heterocycles. The predicted molar refractivity (Wildman–Crippen MR) is 240 cm³/mol. The minimum absolute atomic E-state index is 0.00705. The van der Waals surface area contributed by atoms with Gasteiger partial charge in [0.05, 0.1) is 79.9 Å². The zero-order chi connectivity index (χ0) is 48.3. The molecular weight excluding hydrogens is 831 g/mol. The summed E-state index contributed by atoms with van der Waals surface area (Å²) in [6, 6.07) is -1.39. The third-order valence-corrected chi connectivity index (χ3v) is 13.6. The molecule has 0 aromatic heterocycles. The molecule has 0 spiro atoms. The van der Waals surface area contributed by atoms with E-state index in [4.69, 9.17) is 52.4 Å². The van der Waals surface area contributed by atoms with Crippen LogP contribution in [0.3, 0.4) is 0 Å². The Morgan fingerprint density at radius 1 is 1.00 bits per heavy atom. The number of aliphatic hydroxyl groups excluding tert-OH is 1. The summed E-state index contributed by atoms with van der Waals surface area (Å²) in [5.41, 5.74) is -4.13. The van der Waals surface area contributed by atoms with Gasteiger partial charge in [-0.3, -0.25) is 9.79 Å². The van der Waals surface area contributed by atoms with Gasteiger partial charge in [-0.2, -0.15) is 0 Å². The van der Waals surface area contributed by atoms with Crippen molar-refractivity contribution >= 4 is 18.0 Å². The van der Waals surface area contributed by atoms with Crippen LogP contribution < -0.4 is 5.32 Å². The molecular formula is C47H83N3O14. The molecule has 0 aliphatic carbocycles. The first-order chi connectivity index (χ1) is 29.6. The summed E-state index contributed by atoms with van der Waals surface area (Å²) in [5, 5.41) is 27.3. The van der Waals surface area contributed by atoms with Crippen molar-refractivity contribution in [3.05, 3.63) is 12.2 Å². The number of carbonyl (C=O) groups is 2. The fourth-order valence-corrected chi connectivity index (χ4v) is 10.1. The topological polar surface area (TPSA) is 195 Å². The number of aliphatic imine (C=N–C) groups is 1. The molecule has 0 saturated carbocycles. The first-order valence-electron chi connectivity index (χ1n) is 23.1. The van der Waals surface area contributed by atoms with E-state index >= 15 is 0 Å². The summed E-state index contributed by atoms with van der Waals surface area (Å²) < 4.78 is 64.5. The number of nitrogens with one attached hydrogen (secondary N) is 1. The lowest BCUT2D eigenvalue weighted by Crippen LogP contribution is -2.64. The predicted octanol–water partition coefficient (Wildman–Crippen LogP) is 5.16. The number of aliphatic hydroxyl groups is 2. The maximum Gasteiger partial charge on any atom is 0.408 e. The molecule has 0 radical (unpaired) electrons. The van der Waals surface area contributed by atoms with Crippen LogP contribution in [-0.4, -0.2) is 170 Å². The quantitative estimate of drug-likeness (QED) is 0.213. The van der Waals surface area contributed by atoms with Crippen LogP contribution in [0.15, 0.2) is 17.1 Å². The van der Waals surface area contributed by atoms with Crippen molar-refractivity contribution < 1.29 is 67.2 Å². The zero-order valence-corrected chi connectivity index (χ0v) is 41.8. The summed E-state index contributed by atoms with van der Waals surface area (Å²) in [4.78, 5) is 34.9. The molecule has 64 heavy (non-hydrogen) atoms. The molecule has 5 aliphatic heterocycles. The second-order valence-electron chi connectivity index (χ2n) is 20.6. The average molecular weight is 914 g/mol. The number of methoxy groups -OCH3 is 2. The van der Waals surface area contributed by atoms with Gasteiger partial charge in [0, 0.05) is 31.9 Å². The summed E-state index contributed by atoms with van der Waals surface area (Å²) in [5.74, 6) is -2.63. The van der Waals surface area contributed by atoms with Crippen molar-refractivity contribution in [2.45, 2.75) is 212 Å². The van der Waals surface area contributed by atoms with E-state index in [1.807, 2.05) is 74.4 Å². The molecule has 0 unspecified atom stereocenters. The average Bonchev–Trinajstić information content (AvgIpc) is 3.19. The van der Waals surface area contributed by atoms with Crippen molar-refractivity contribution in [2.75, 3.05) is 41.5 Å².